The zero-order valence-electron chi connectivity index (χ0n) is 97.9. The van der Waals surface area contributed by atoms with Crippen LogP contribution >= 0.6 is 0 Å². The third-order valence-electron chi connectivity index (χ3n) is 34.9. The maximum atomic E-state index is 2.42. The van der Waals surface area contributed by atoms with Crippen LogP contribution in [0.2, 0.25) is 0 Å². The van der Waals surface area contributed by atoms with E-state index >= 15 is 0 Å². The molecule has 0 aromatic heterocycles. The number of rotatable bonds is 56. The highest BCUT2D eigenvalue weighted by Crippen LogP contribution is 2.41. The summed E-state index contributed by atoms with van der Waals surface area (Å²) in [6, 6.07) is 0. The summed E-state index contributed by atoms with van der Waals surface area (Å²) in [4.78, 5) is 0. The van der Waals surface area contributed by atoms with Crippen molar-refractivity contribution >= 4 is 0 Å². The topological polar surface area (TPSA) is 0 Å². The minimum absolute atomic E-state index is 0.887. The minimum Gasteiger partial charge on any atom is -0.0917 e. The van der Waals surface area contributed by atoms with Crippen molar-refractivity contribution in [1.82, 2.24) is 0 Å². The molecular weight excluding hydrogens is 1660 g/mol. The summed E-state index contributed by atoms with van der Waals surface area (Å²) in [5.41, 5.74) is 0. The molecule has 9 rings (SSSR count). The Balaban J connectivity index is 0.000000779. The SMILES string of the molecule is C/C=C/C1CCC(CCC)CC1.C/C=C/C1CCC(CCCC)CC1.C/C=C/C1CCC(CCCCC)CC1.C/C=C/C1CCC(CCCCCC)CC1.C/C=C/C1CCC(CCCCCCC)CC1.C/C=C/C1CCC(CCCCCCCC)CC1.C/C=C/C1CCC(CCCCCCCCC)CC1.C/C=C/C1CCC(CCCCCCCCCC)CC1.C/C=C/CCC1CCC(/C=C/C)CC1. The van der Waals surface area contributed by atoms with Crippen LogP contribution in [0.3, 0.4) is 0 Å². The van der Waals surface area contributed by atoms with E-state index in [0.29, 0.717) is 0 Å². The molecule has 808 valence electrons. The first kappa shape index (κ1) is 133. The van der Waals surface area contributed by atoms with E-state index in [1.54, 1.807) is 0 Å². The lowest BCUT2D eigenvalue weighted by molar-refractivity contribution is 0.288. The van der Waals surface area contributed by atoms with Gasteiger partial charge in [-0.1, -0.05) is 459 Å². The second-order valence-electron chi connectivity index (χ2n) is 47.1. The van der Waals surface area contributed by atoms with Gasteiger partial charge in [-0.05, 0) is 420 Å². The molecule has 0 heterocycles. The Morgan fingerprint density at radius 2 is 0.254 bits per heavy atom. The summed E-state index contributed by atoms with van der Waals surface area (Å²) in [5, 5.41) is 0. The molecule has 138 heavy (non-hydrogen) atoms. The molecule has 9 saturated carbocycles. The number of hydrogen-bond acceptors (Lipinski definition) is 0. The second-order valence-corrected chi connectivity index (χ2v) is 47.1. The van der Waals surface area contributed by atoms with Crippen molar-refractivity contribution in [1.29, 1.82) is 0 Å². The lowest BCUT2D eigenvalue weighted by Crippen LogP contribution is -2.12. The van der Waals surface area contributed by atoms with E-state index in [2.05, 4.69) is 246 Å². The van der Waals surface area contributed by atoms with Gasteiger partial charge in [0, 0.05) is 0 Å². The first-order chi connectivity index (χ1) is 67.8. The monoisotopic (exact) mass is 1910 g/mol. The van der Waals surface area contributed by atoms with Gasteiger partial charge in [0.15, 0.2) is 0 Å². The molecule has 0 unspecified atom stereocenters. The minimum atomic E-state index is 0.887. The normalized spacial score (nSPS) is 27.1. The zero-order valence-corrected chi connectivity index (χ0v) is 97.9. The van der Waals surface area contributed by atoms with Crippen molar-refractivity contribution in [3.05, 3.63) is 122 Å². The van der Waals surface area contributed by atoms with Gasteiger partial charge in [-0.25, -0.2) is 0 Å². The van der Waals surface area contributed by atoms with Gasteiger partial charge in [0.2, 0.25) is 0 Å². The summed E-state index contributed by atoms with van der Waals surface area (Å²) in [5.74, 6) is 17.6. The van der Waals surface area contributed by atoms with E-state index in [1.165, 1.54) is 527 Å². The lowest BCUT2D eigenvalue weighted by atomic mass is 9.79. The van der Waals surface area contributed by atoms with Crippen LogP contribution in [0.1, 0.15) is 651 Å². The first-order valence-electron chi connectivity index (χ1n) is 64.0. The second kappa shape index (κ2) is 102. The van der Waals surface area contributed by atoms with Gasteiger partial charge in [0.05, 0.1) is 0 Å². The molecular formula is C138H256. The Kier molecular flexibility index (Phi) is 98.3. The quantitative estimate of drug-likeness (QED) is 0.0421. The van der Waals surface area contributed by atoms with Crippen molar-refractivity contribution in [3.8, 4) is 0 Å². The highest BCUT2D eigenvalue weighted by Gasteiger charge is 2.27. The smallest absolute Gasteiger partial charge is 0.0233 e. The number of unbranched alkanes of at least 4 members (excludes halogenated alkanes) is 28. The van der Waals surface area contributed by atoms with Gasteiger partial charge in [0.1, 0.15) is 0 Å². The fourth-order valence-corrected chi connectivity index (χ4v) is 25.6. The standard InChI is InChI=1S/C19H36.C18H34.C17H32.C16H30.C15H28.C14H26.C14H24.C13H24.C12H22/c1-3-5-6-7-8-9-10-11-13-19-16-14-18(12-4-2)15-17-19;1-3-5-6-7-8-9-10-12-18-15-13-17(11-4-2)14-16-18;1-3-5-6-7-8-9-11-17-14-12-16(10-4-2)13-15-17;1-3-5-6-7-8-10-16-13-11-15(9-4-2)12-14-16;1-3-5-6-7-9-15-12-10-14(8-4-2)11-13-15;2*1-3-5-6-8-14-11-9-13(7-4-2)10-12-14;1-3-5-7-13-10-8-12(6-4-2)9-11-13;1-3-5-11-7-9-12(6-4-2)10-8-11/h4,12,18-19H,3,5-11,13-17H2,1-2H3;4,11,17-18H,3,5-10,12-16H2,1-2H3;4,10,16-17H,3,5-9,11-15H2,1-2H3;4,9,15-16H,3,5-8,10-14H2,1-2H3;4,8,14-15H,3,5-7,9-13H2,1-2H3;4,7,13-14H,3,5-6,8-12H2,1-2H3;3-5,7,13-14H,6,8-12H2,1-2H3;4,6,12-13H,3,5,7-11H2,1-2H3;3,5,11-12H,4,6-10H2,1-2H3/b12-4+;11-4+;10-4+;9-4+;8-4+;7-4+;5-3+,7-4+;6-4+;5-3+. The molecule has 0 atom stereocenters. The molecule has 0 spiro atoms. The van der Waals surface area contributed by atoms with Crippen molar-refractivity contribution in [2.45, 2.75) is 651 Å². The van der Waals surface area contributed by atoms with Crippen LogP contribution in [0.4, 0.5) is 0 Å². The Labute approximate surface area is 873 Å². The Bertz CT molecular complexity index is 2690. The number of hydrogen-bond donors (Lipinski definition) is 0. The molecule has 0 heteroatoms. The van der Waals surface area contributed by atoms with Crippen molar-refractivity contribution < 1.29 is 0 Å². The first-order valence-corrected chi connectivity index (χ1v) is 64.0. The molecule has 0 N–H and O–H groups in total. The average Bonchev–Trinajstić information content (AvgIpc) is 0.961. The lowest BCUT2D eigenvalue weighted by Gasteiger charge is -2.26. The van der Waals surface area contributed by atoms with Gasteiger partial charge in [-0.3, -0.25) is 0 Å². The van der Waals surface area contributed by atoms with Gasteiger partial charge in [-0.15, -0.1) is 0 Å². The maximum absolute atomic E-state index is 2.42. The molecule has 0 nitrogen and oxygen atoms in total. The molecule has 0 amide bonds. The number of allylic oxidation sites excluding steroid dienone is 20. The van der Waals surface area contributed by atoms with Crippen LogP contribution in [0.15, 0.2) is 122 Å². The highest BCUT2D eigenvalue weighted by atomic mass is 14.3. The Morgan fingerprint density at radius 1 is 0.123 bits per heavy atom. The van der Waals surface area contributed by atoms with Crippen molar-refractivity contribution in [2.24, 2.45) is 107 Å². The van der Waals surface area contributed by atoms with Crippen LogP contribution in [0.25, 0.3) is 0 Å². The van der Waals surface area contributed by atoms with E-state index < -0.39 is 0 Å². The fraction of sp³-hybridized carbons (Fsp3) is 0.855. The predicted molar refractivity (Wildman–Crippen MR) is 635 cm³/mol. The van der Waals surface area contributed by atoms with Crippen LogP contribution < -0.4 is 0 Å². The molecule has 0 radical (unpaired) electrons. The van der Waals surface area contributed by atoms with Crippen LogP contribution in [0, 0.1) is 107 Å². The predicted octanol–water partition coefficient (Wildman–Crippen LogP) is 49.0. The van der Waals surface area contributed by atoms with Gasteiger partial charge < -0.3 is 0 Å². The van der Waals surface area contributed by atoms with E-state index in [1.807, 2.05) is 0 Å². The van der Waals surface area contributed by atoms with Crippen LogP contribution in [0.5, 0.6) is 0 Å². The Hall–Kier alpha value is -2.60. The third-order valence-corrected chi connectivity index (χ3v) is 34.9. The van der Waals surface area contributed by atoms with Gasteiger partial charge in [0.25, 0.3) is 0 Å². The van der Waals surface area contributed by atoms with E-state index in [-0.39, 0.29) is 0 Å². The molecule has 0 aliphatic heterocycles. The zero-order chi connectivity index (χ0) is 101. The van der Waals surface area contributed by atoms with E-state index in [0.717, 1.165) is 107 Å². The summed E-state index contributed by atoms with van der Waals surface area (Å²) in [6.07, 6.45) is 166. The molecule has 0 bridgehead atoms. The maximum Gasteiger partial charge on any atom is -0.0233 e. The van der Waals surface area contributed by atoms with Gasteiger partial charge in [-0.2, -0.15) is 0 Å². The van der Waals surface area contributed by atoms with Crippen molar-refractivity contribution in [3.63, 3.8) is 0 Å². The fourth-order valence-electron chi connectivity index (χ4n) is 25.6. The third kappa shape index (κ3) is 79.6. The molecule has 9 aliphatic carbocycles. The molecule has 0 saturated heterocycles. The summed E-state index contributed by atoms with van der Waals surface area (Å²) in [6.45, 7) is 39.8. The molecule has 9 fully saturated rings. The van der Waals surface area contributed by atoms with Crippen LogP contribution in [-0.4, -0.2) is 0 Å². The summed E-state index contributed by atoms with van der Waals surface area (Å²) >= 11 is 0. The largest absolute Gasteiger partial charge is 0.0917 e. The summed E-state index contributed by atoms with van der Waals surface area (Å²) < 4.78 is 0. The average molecular weight is 1920 g/mol. The van der Waals surface area contributed by atoms with Crippen LogP contribution in [-0.2, 0) is 0 Å². The highest BCUT2D eigenvalue weighted by molar-refractivity contribution is 4.97. The van der Waals surface area contributed by atoms with Gasteiger partial charge >= 0.3 is 0 Å². The summed E-state index contributed by atoms with van der Waals surface area (Å²) in [7, 11) is 0. The Morgan fingerprint density at radius 3 is 0.413 bits per heavy atom. The van der Waals surface area contributed by atoms with E-state index in [4.69, 9.17) is 0 Å². The molecule has 0 aromatic rings. The van der Waals surface area contributed by atoms with E-state index in [9.17, 15) is 0 Å². The van der Waals surface area contributed by atoms with Crippen molar-refractivity contribution in [2.75, 3.05) is 0 Å². The molecule has 0 aromatic carbocycles. The molecule has 9 aliphatic rings.